The number of carbonyl (C=O) groups excluding carboxylic acids is 1. The monoisotopic (exact) mass is 250 g/mol. The maximum absolute atomic E-state index is 13.8. The van der Waals surface area contributed by atoms with Crippen LogP contribution in [0.5, 0.6) is 5.75 Å². The Balaban J connectivity index is 2.25. The molecule has 0 aliphatic carbocycles. The van der Waals surface area contributed by atoms with Gasteiger partial charge in [0.1, 0.15) is 0 Å². The van der Waals surface area contributed by atoms with Gasteiger partial charge in [-0.3, -0.25) is 4.79 Å². The van der Waals surface area contributed by atoms with Gasteiger partial charge in [0.2, 0.25) is 0 Å². The van der Waals surface area contributed by atoms with Gasteiger partial charge in [-0.25, -0.2) is 4.39 Å². The Labute approximate surface area is 103 Å². The maximum atomic E-state index is 13.8. The molecule has 0 radical (unpaired) electrons. The normalized spacial score (nSPS) is 10.2. The van der Waals surface area contributed by atoms with Gasteiger partial charge < -0.3 is 4.74 Å². The second-order valence-corrected chi connectivity index (χ2v) is 4.33. The number of carbonyl (C=O) groups is 1. The second-order valence-electron chi connectivity index (χ2n) is 3.55. The zero-order chi connectivity index (χ0) is 12.3. The first-order chi connectivity index (χ1) is 8.22. The molecule has 0 amide bonds. The lowest BCUT2D eigenvalue weighted by Gasteiger charge is -2.05. The molecule has 17 heavy (non-hydrogen) atoms. The van der Waals surface area contributed by atoms with Gasteiger partial charge in [-0.2, -0.15) is 11.3 Å². The summed E-state index contributed by atoms with van der Waals surface area (Å²) in [4.78, 5) is 11.9. The fourth-order valence-electron chi connectivity index (χ4n) is 1.56. The molecule has 88 valence electrons. The number of ether oxygens (including phenoxy) is 1. The highest BCUT2D eigenvalue weighted by molar-refractivity contribution is 7.08. The Morgan fingerprint density at radius 2 is 2.24 bits per heavy atom. The molecule has 0 saturated heterocycles. The summed E-state index contributed by atoms with van der Waals surface area (Å²) in [7, 11) is 1.38. The van der Waals surface area contributed by atoms with Crippen LogP contribution in [0.4, 0.5) is 4.39 Å². The van der Waals surface area contributed by atoms with Crippen LogP contribution in [0.15, 0.2) is 35.0 Å². The molecule has 0 fully saturated rings. The highest BCUT2D eigenvalue weighted by Gasteiger charge is 2.15. The molecule has 0 spiro atoms. The number of thiophene rings is 1. The van der Waals surface area contributed by atoms with Gasteiger partial charge in [0, 0.05) is 6.42 Å². The highest BCUT2D eigenvalue weighted by atomic mass is 32.1. The van der Waals surface area contributed by atoms with Crippen LogP contribution in [0.25, 0.3) is 0 Å². The SMILES string of the molecule is COc1cccc(C(=O)Cc2ccsc2)c1F. The summed E-state index contributed by atoms with van der Waals surface area (Å²) in [5.74, 6) is -0.726. The van der Waals surface area contributed by atoms with Gasteiger partial charge >= 0.3 is 0 Å². The molecule has 0 bridgehead atoms. The quantitative estimate of drug-likeness (QED) is 0.778. The molecule has 2 rings (SSSR count). The van der Waals surface area contributed by atoms with Crippen molar-refractivity contribution in [3.05, 3.63) is 52.0 Å². The van der Waals surface area contributed by atoms with Crippen molar-refractivity contribution in [3.8, 4) is 5.75 Å². The molecule has 4 heteroatoms. The van der Waals surface area contributed by atoms with Crippen LogP contribution in [0.1, 0.15) is 15.9 Å². The van der Waals surface area contributed by atoms with E-state index in [1.54, 1.807) is 6.07 Å². The van der Waals surface area contributed by atoms with Crippen LogP contribution in [0, 0.1) is 5.82 Å². The van der Waals surface area contributed by atoms with Crippen molar-refractivity contribution in [1.82, 2.24) is 0 Å². The standard InChI is InChI=1S/C13H11FO2S/c1-16-12-4-2-3-10(13(12)14)11(15)7-9-5-6-17-8-9/h2-6,8H,7H2,1H3. The van der Waals surface area contributed by atoms with Gasteiger partial charge in [0.05, 0.1) is 12.7 Å². The van der Waals surface area contributed by atoms with Crippen molar-refractivity contribution in [2.24, 2.45) is 0 Å². The third kappa shape index (κ3) is 2.53. The summed E-state index contributed by atoms with van der Waals surface area (Å²) in [6.45, 7) is 0. The van der Waals surface area contributed by atoms with E-state index in [1.165, 1.54) is 30.6 Å². The Hall–Kier alpha value is -1.68. The van der Waals surface area contributed by atoms with Gasteiger partial charge in [-0.05, 0) is 34.5 Å². The number of rotatable bonds is 4. The minimum Gasteiger partial charge on any atom is -0.494 e. The largest absolute Gasteiger partial charge is 0.494 e. The zero-order valence-electron chi connectivity index (χ0n) is 9.27. The minimum atomic E-state index is -0.588. The summed E-state index contributed by atoms with van der Waals surface area (Å²) in [5, 5.41) is 3.78. The molecule has 0 aliphatic rings. The van der Waals surface area contributed by atoms with Crippen molar-refractivity contribution in [2.75, 3.05) is 7.11 Å². The van der Waals surface area contributed by atoms with E-state index in [4.69, 9.17) is 4.74 Å². The molecular formula is C13H11FO2S. The van der Waals surface area contributed by atoms with Gasteiger partial charge in [0.25, 0.3) is 0 Å². The molecule has 0 saturated carbocycles. The number of methoxy groups -OCH3 is 1. The first-order valence-corrected chi connectivity index (χ1v) is 6.03. The summed E-state index contributed by atoms with van der Waals surface area (Å²) < 4.78 is 18.7. The molecule has 2 nitrogen and oxygen atoms in total. The van der Waals surface area contributed by atoms with Crippen LogP contribution in [0.3, 0.4) is 0 Å². The molecular weight excluding hydrogens is 239 g/mol. The number of hydrogen-bond donors (Lipinski definition) is 0. The summed E-state index contributed by atoms with van der Waals surface area (Å²) in [6.07, 6.45) is 0.216. The van der Waals surface area contributed by atoms with E-state index < -0.39 is 5.82 Å². The number of hydrogen-bond acceptors (Lipinski definition) is 3. The van der Waals surface area contributed by atoms with Crippen LogP contribution >= 0.6 is 11.3 Å². The Bertz CT molecular complexity index is 520. The molecule has 0 atom stereocenters. The molecule has 0 aliphatic heterocycles. The lowest BCUT2D eigenvalue weighted by atomic mass is 10.0. The number of benzene rings is 1. The Morgan fingerprint density at radius 1 is 1.41 bits per heavy atom. The average Bonchev–Trinajstić information content (AvgIpc) is 2.82. The Kier molecular flexibility index (Phi) is 3.54. The van der Waals surface area contributed by atoms with Gasteiger partial charge in [-0.1, -0.05) is 6.07 Å². The van der Waals surface area contributed by atoms with E-state index in [2.05, 4.69) is 0 Å². The molecule has 2 aromatic rings. The van der Waals surface area contributed by atoms with E-state index in [0.29, 0.717) is 0 Å². The lowest BCUT2D eigenvalue weighted by molar-refractivity contribution is 0.0988. The smallest absolute Gasteiger partial charge is 0.175 e. The van der Waals surface area contributed by atoms with Crippen LogP contribution in [0.2, 0.25) is 0 Å². The minimum absolute atomic E-state index is 0.0792. The summed E-state index contributed by atoms with van der Waals surface area (Å²) in [6, 6.07) is 6.45. The molecule has 1 aromatic carbocycles. The number of Topliss-reactive ketones (excluding diaryl/α,β-unsaturated/α-hetero) is 1. The average molecular weight is 250 g/mol. The van der Waals surface area contributed by atoms with Crippen molar-refractivity contribution in [1.29, 1.82) is 0 Å². The van der Waals surface area contributed by atoms with Crippen molar-refractivity contribution < 1.29 is 13.9 Å². The lowest BCUT2D eigenvalue weighted by Crippen LogP contribution is -2.06. The van der Waals surface area contributed by atoms with E-state index in [9.17, 15) is 9.18 Å². The van der Waals surface area contributed by atoms with Gasteiger partial charge in [-0.15, -0.1) is 0 Å². The van der Waals surface area contributed by atoms with Crippen LogP contribution in [-0.4, -0.2) is 12.9 Å². The van der Waals surface area contributed by atoms with Crippen molar-refractivity contribution in [3.63, 3.8) is 0 Å². The molecule has 0 unspecified atom stereocenters. The van der Waals surface area contributed by atoms with Crippen LogP contribution < -0.4 is 4.74 Å². The molecule has 1 aromatic heterocycles. The van der Waals surface area contributed by atoms with E-state index in [0.717, 1.165) is 5.56 Å². The predicted molar refractivity (Wildman–Crippen MR) is 65.3 cm³/mol. The highest BCUT2D eigenvalue weighted by Crippen LogP contribution is 2.21. The third-order valence-corrected chi connectivity index (χ3v) is 3.16. The fraction of sp³-hybridized carbons (Fsp3) is 0.154. The van der Waals surface area contributed by atoms with Crippen LogP contribution in [-0.2, 0) is 6.42 Å². The third-order valence-electron chi connectivity index (χ3n) is 2.43. The molecule has 0 N–H and O–H groups in total. The van der Waals surface area contributed by atoms with E-state index in [-0.39, 0.29) is 23.5 Å². The van der Waals surface area contributed by atoms with Crippen molar-refractivity contribution >= 4 is 17.1 Å². The zero-order valence-corrected chi connectivity index (χ0v) is 10.1. The van der Waals surface area contributed by atoms with E-state index >= 15 is 0 Å². The van der Waals surface area contributed by atoms with E-state index in [1.807, 2.05) is 16.8 Å². The number of ketones is 1. The summed E-state index contributed by atoms with van der Waals surface area (Å²) in [5.41, 5.74) is 0.984. The predicted octanol–water partition coefficient (Wildman–Crippen LogP) is 3.32. The fourth-order valence-corrected chi connectivity index (χ4v) is 2.23. The van der Waals surface area contributed by atoms with Gasteiger partial charge in [0.15, 0.2) is 17.3 Å². The second kappa shape index (κ2) is 5.10. The van der Waals surface area contributed by atoms with Crippen molar-refractivity contribution in [2.45, 2.75) is 6.42 Å². The molecule has 1 heterocycles. The first-order valence-electron chi connectivity index (χ1n) is 5.09. The first kappa shape index (κ1) is 11.8. The number of halogens is 1. The maximum Gasteiger partial charge on any atom is 0.175 e. The topological polar surface area (TPSA) is 26.3 Å². The summed E-state index contributed by atoms with van der Waals surface area (Å²) >= 11 is 1.52. The Morgan fingerprint density at radius 3 is 2.88 bits per heavy atom.